The van der Waals surface area contributed by atoms with E-state index in [9.17, 15) is 0 Å². The molecule has 0 aliphatic carbocycles. The molecule has 1 heterocycles. The van der Waals surface area contributed by atoms with Crippen molar-refractivity contribution in [1.29, 1.82) is 5.26 Å². The van der Waals surface area contributed by atoms with E-state index in [1.54, 1.807) is 13.0 Å². The Morgan fingerprint density at radius 2 is 1.94 bits per heavy atom. The summed E-state index contributed by atoms with van der Waals surface area (Å²) in [6.07, 6.45) is 0.676. The molecule has 0 unspecified atom stereocenters. The molecule has 1 aromatic heterocycles. The summed E-state index contributed by atoms with van der Waals surface area (Å²) in [5, 5.41) is 9.54. The highest BCUT2D eigenvalue weighted by Gasteiger charge is 2.02. The standard InChI is InChI=1S/C13H10ClN3/c1-9-16-12(7-13(8-15)17-9)6-10-2-4-11(14)5-3-10/h2-5,7H,6H2,1H3. The molecule has 4 heteroatoms. The maximum atomic E-state index is 8.83. The van der Waals surface area contributed by atoms with E-state index in [4.69, 9.17) is 16.9 Å². The first kappa shape index (κ1) is 11.6. The van der Waals surface area contributed by atoms with Gasteiger partial charge in [0.25, 0.3) is 0 Å². The SMILES string of the molecule is Cc1nc(C#N)cc(Cc2ccc(Cl)cc2)n1. The molecule has 0 radical (unpaired) electrons. The van der Waals surface area contributed by atoms with Crippen LogP contribution in [-0.4, -0.2) is 9.97 Å². The summed E-state index contributed by atoms with van der Waals surface area (Å²) >= 11 is 5.82. The number of rotatable bonds is 2. The Bertz CT molecular complexity index is 570. The number of nitriles is 1. The lowest BCUT2D eigenvalue weighted by molar-refractivity contribution is 0.957. The van der Waals surface area contributed by atoms with E-state index in [1.807, 2.05) is 30.3 Å². The van der Waals surface area contributed by atoms with Crippen LogP contribution < -0.4 is 0 Å². The Kier molecular flexibility index (Phi) is 3.36. The van der Waals surface area contributed by atoms with Gasteiger partial charge in [-0.15, -0.1) is 0 Å². The van der Waals surface area contributed by atoms with Crippen molar-refractivity contribution in [1.82, 2.24) is 9.97 Å². The van der Waals surface area contributed by atoms with Gasteiger partial charge in [-0.3, -0.25) is 0 Å². The highest BCUT2D eigenvalue weighted by Crippen LogP contribution is 2.13. The van der Waals surface area contributed by atoms with Crippen molar-refractivity contribution in [3.8, 4) is 6.07 Å². The number of benzene rings is 1. The fraction of sp³-hybridized carbons (Fsp3) is 0.154. The van der Waals surface area contributed by atoms with Crippen LogP contribution >= 0.6 is 11.6 Å². The number of aromatic nitrogens is 2. The first-order valence-corrected chi connectivity index (χ1v) is 5.54. The lowest BCUT2D eigenvalue weighted by Crippen LogP contribution is -1.99. The molecular weight excluding hydrogens is 234 g/mol. The van der Waals surface area contributed by atoms with Gasteiger partial charge in [-0.05, 0) is 30.7 Å². The molecule has 0 bridgehead atoms. The molecule has 0 atom stereocenters. The Hall–Kier alpha value is -1.92. The predicted octanol–water partition coefficient (Wildman–Crippen LogP) is 2.90. The van der Waals surface area contributed by atoms with E-state index in [2.05, 4.69) is 9.97 Å². The smallest absolute Gasteiger partial charge is 0.144 e. The molecule has 0 fully saturated rings. The molecule has 1 aromatic carbocycles. The monoisotopic (exact) mass is 243 g/mol. The number of nitrogens with zero attached hydrogens (tertiary/aromatic N) is 3. The molecule has 0 amide bonds. The zero-order valence-corrected chi connectivity index (χ0v) is 10.1. The molecule has 0 spiro atoms. The zero-order valence-electron chi connectivity index (χ0n) is 9.31. The Labute approximate surface area is 105 Å². The van der Waals surface area contributed by atoms with Crippen LogP contribution in [0.2, 0.25) is 5.02 Å². The molecule has 2 rings (SSSR count). The fourth-order valence-corrected chi connectivity index (χ4v) is 1.71. The summed E-state index contributed by atoms with van der Waals surface area (Å²) in [6, 6.07) is 11.3. The van der Waals surface area contributed by atoms with E-state index in [0.717, 1.165) is 11.3 Å². The van der Waals surface area contributed by atoms with Crippen LogP contribution in [0, 0.1) is 18.3 Å². The molecule has 0 aliphatic heterocycles. The topological polar surface area (TPSA) is 49.6 Å². The normalized spacial score (nSPS) is 9.94. The van der Waals surface area contributed by atoms with Crippen molar-refractivity contribution >= 4 is 11.6 Å². The number of halogens is 1. The van der Waals surface area contributed by atoms with Crippen molar-refractivity contribution < 1.29 is 0 Å². The molecular formula is C13H10ClN3. The van der Waals surface area contributed by atoms with Crippen LogP contribution in [0.25, 0.3) is 0 Å². The summed E-state index contributed by atoms with van der Waals surface area (Å²) in [5.74, 6) is 0.619. The average molecular weight is 244 g/mol. The molecule has 17 heavy (non-hydrogen) atoms. The van der Waals surface area contributed by atoms with Crippen LogP contribution in [-0.2, 0) is 6.42 Å². The maximum Gasteiger partial charge on any atom is 0.144 e. The quantitative estimate of drug-likeness (QED) is 0.815. The largest absolute Gasteiger partial charge is 0.238 e. The van der Waals surface area contributed by atoms with E-state index < -0.39 is 0 Å². The van der Waals surface area contributed by atoms with Gasteiger partial charge in [0.05, 0.1) is 0 Å². The molecule has 0 N–H and O–H groups in total. The fourth-order valence-electron chi connectivity index (χ4n) is 1.59. The van der Waals surface area contributed by atoms with Crippen LogP contribution in [0.5, 0.6) is 0 Å². The predicted molar refractivity (Wildman–Crippen MR) is 65.7 cm³/mol. The van der Waals surface area contributed by atoms with Gasteiger partial charge in [0.2, 0.25) is 0 Å². The van der Waals surface area contributed by atoms with Crippen LogP contribution in [0.15, 0.2) is 30.3 Å². The number of hydrogen-bond donors (Lipinski definition) is 0. The van der Waals surface area contributed by atoms with Gasteiger partial charge >= 0.3 is 0 Å². The second-order valence-corrected chi connectivity index (χ2v) is 4.14. The lowest BCUT2D eigenvalue weighted by Gasteiger charge is -2.03. The van der Waals surface area contributed by atoms with Crippen molar-refractivity contribution in [2.24, 2.45) is 0 Å². The second kappa shape index (κ2) is 4.94. The third-order valence-electron chi connectivity index (χ3n) is 2.30. The summed E-state index contributed by atoms with van der Waals surface area (Å²) in [4.78, 5) is 8.32. The summed E-state index contributed by atoms with van der Waals surface area (Å²) in [6.45, 7) is 1.78. The van der Waals surface area contributed by atoms with Gasteiger partial charge in [0.1, 0.15) is 17.6 Å². The van der Waals surface area contributed by atoms with Crippen molar-refractivity contribution in [3.05, 3.63) is 58.1 Å². The van der Waals surface area contributed by atoms with Crippen LogP contribution in [0.1, 0.15) is 22.8 Å². The zero-order chi connectivity index (χ0) is 12.3. The number of hydrogen-bond acceptors (Lipinski definition) is 3. The maximum absolute atomic E-state index is 8.83. The van der Waals surface area contributed by atoms with Crippen LogP contribution in [0.3, 0.4) is 0 Å². The van der Waals surface area contributed by atoms with Crippen molar-refractivity contribution in [2.45, 2.75) is 13.3 Å². The minimum absolute atomic E-state index is 0.404. The molecule has 0 aliphatic rings. The van der Waals surface area contributed by atoms with Gasteiger partial charge < -0.3 is 0 Å². The van der Waals surface area contributed by atoms with E-state index >= 15 is 0 Å². The second-order valence-electron chi connectivity index (χ2n) is 3.71. The Morgan fingerprint density at radius 3 is 2.59 bits per heavy atom. The summed E-state index contributed by atoms with van der Waals surface area (Å²) in [7, 11) is 0. The van der Waals surface area contributed by atoms with Gasteiger partial charge in [-0.2, -0.15) is 5.26 Å². The van der Waals surface area contributed by atoms with Gasteiger partial charge in [0.15, 0.2) is 0 Å². The first-order chi connectivity index (χ1) is 8.17. The Balaban J connectivity index is 2.27. The number of aryl methyl sites for hydroxylation is 1. The molecule has 0 saturated heterocycles. The minimum Gasteiger partial charge on any atom is -0.238 e. The third-order valence-corrected chi connectivity index (χ3v) is 2.56. The van der Waals surface area contributed by atoms with Crippen molar-refractivity contribution in [2.75, 3.05) is 0 Å². The Morgan fingerprint density at radius 1 is 1.24 bits per heavy atom. The third kappa shape index (κ3) is 3.02. The van der Waals surface area contributed by atoms with E-state index in [1.165, 1.54) is 0 Å². The van der Waals surface area contributed by atoms with Crippen LogP contribution in [0.4, 0.5) is 0 Å². The van der Waals surface area contributed by atoms with Gasteiger partial charge in [-0.1, -0.05) is 23.7 Å². The molecule has 3 nitrogen and oxygen atoms in total. The molecule has 84 valence electrons. The highest BCUT2D eigenvalue weighted by atomic mass is 35.5. The van der Waals surface area contributed by atoms with E-state index in [0.29, 0.717) is 23.0 Å². The highest BCUT2D eigenvalue weighted by molar-refractivity contribution is 6.30. The minimum atomic E-state index is 0.404. The summed E-state index contributed by atoms with van der Waals surface area (Å²) in [5.41, 5.74) is 2.36. The first-order valence-electron chi connectivity index (χ1n) is 5.16. The average Bonchev–Trinajstić information content (AvgIpc) is 2.31. The summed E-state index contributed by atoms with van der Waals surface area (Å²) < 4.78 is 0. The van der Waals surface area contributed by atoms with Gasteiger partial charge in [-0.25, -0.2) is 9.97 Å². The lowest BCUT2D eigenvalue weighted by atomic mass is 10.1. The molecule has 2 aromatic rings. The van der Waals surface area contributed by atoms with Crippen molar-refractivity contribution in [3.63, 3.8) is 0 Å². The molecule has 0 saturated carbocycles. The van der Waals surface area contributed by atoms with Gasteiger partial charge in [0, 0.05) is 17.1 Å². The van der Waals surface area contributed by atoms with E-state index in [-0.39, 0.29) is 0 Å².